The van der Waals surface area contributed by atoms with Gasteiger partial charge in [0.2, 0.25) is 5.91 Å². The van der Waals surface area contributed by atoms with E-state index < -0.39 is 18.2 Å². The standard InChI is InChI=1S/C49H93NO5/c1-4-7-10-13-16-19-21-23-24-25-27-30-33-36-39-42-49(54)55-45(40-37-34-31-29-26-22-20-17-14-11-8-5-2)43-48(53)50-46(44-51)47(52)41-38-35-32-28-18-15-12-9-6-3/h19,21,29,31,45-47,51-52H,4-18,20,22-28,30,32-44H2,1-3H3,(H,50,53)/b21-19-,31-29-. The minimum Gasteiger partial charge on any atom is -0.462 e. The van der Waals surface area contributed by atoms with E-state index in [1.165, 1.54) is 148 Å². The molecule has 55 heavy (non-hydrogen) atoms. The quantitative estimate of drug-likeness (QED) is 0.0326. The zero-order valence-corrected chi connectivity index (χ0v) is 36.8. The van der Waals surface area contributed by atoms with Gasteiger partial charge in [-0.3, -0.25) is 9.59 Å². The number of esters is 1. The lowest BCUT2D eigenvalue weighted by molar-refractivity contribution is -0.151. The molecular weight excluding hydrogens is 683 g/mol. The Hall–Kier alpha value is -1.66. The van der Waals surface area contributed by atoms with Gasteiger partial charge in [0, 0.05) is 6.42 Å². The van der Waals surface area contributed by atoms with Crippen molar-refractivity contribution < 1.29 is 24.5 Å². The second-order valence-electron chi connectivity index (χ2n) is 16.5. The highest BCUT2D eigenvalue weighted by Crippen LogP contribution is 2.17. The van der Waals surface area contributed by atoms with Gasteiger partial charge in [-0.05, 0) is 70.6 Å². The predicted octanol–water partition coefficient (Wildman–Crippen LogP) is 14.0. The highest BCUT2D eigenvalue weighted by atomic mass is 16.5. The average molecular weight is 776 g/mol. The van der Waals surface area contributed by atoms with Gasteiger partial charge in [0.05, 0.1) is 25.2 Å². The van der Waals surface area contributed by atoms with E-state index >= 15 is 0 Å². The second-order valence-corrected chi connectivity index (χ2v) is 16.5. The summed E-state index contributed by atoms with van der Waals surface area (Å²) in [4.78, 5) is 26.0. The van der Waals surface area contributed by atoms with E-state index in [1.54, 1.807) is 0 Å². The van der Waals surface area contributed by atoms with Crippen molar-refractivity contribution in [2.45, 2.75) is 270 Å². The van der Waals surface area contributed by atoms with Crippen LogP contribution in [0.1, 0.15) is 252 Å². The summed E-state index contributed by atoms with van der Waals surface area (Å²) in [5.41, 5.74) is 0. The zero-order chi connectivity index (χ0) is 40.3. The Bertz CT molecular complexity index is 873. The molecule has 0 heterocycles. The van der Waals surface area contributed by atoms with Crippen molar-refractivity contribution in [2.75, 3.05) is 6.61 Å². The fraction of sp³-hybridized carbons (Fsp3) is 0.878. The number of nitrogens with one attached hydrogen (secondary N) is 1. The van der Waals surface area contributed by atoms with Crippen molar-refractivity contribution in [1.29, 1.82) is 0 Å². The lowest BCUT2D eigenvalue weighted by Gasteiger charge is -2.24. The normalized spacial score (nSPS) is 13.5. The van der Waals surface area contributed by atoms with Crippen LogP contribution >= 0.6 is 0 Å². The smallest absolute Gasteiger partial charge is 0.306 e. The summed E-state index contributed by atoms with van der Waals surface area (Å²) >= 11 is 0. The molecule has 0 aliphatic heterocycles. The summed E-state index contributed by atoms with van der Waals surface area (Å²) in [6.07, 6.45) is 48.1. The summed E-state index contributed by atoms with van der Waals surface area (Å²) < 4.78 is 5.89. The van der Waals surface area contributed by atoms with Crippen molar-refractivity contribution >= 4 is 11.9 Å². The van der Waals surface area contributed by atoms with Crippen molar-refractivity contribution in [3.05, 3.63) is 24.3 Å². The first kappa shape index (κ1) is 53.3. The molecule has 0 aromatic carbocycles. The molecule has 0 rings (SSSR count). The largest absolute Gasteiger partial charge is 0.462 e. The lowest BCUT2D eigenvalue weighted by Crippen LogP contribution is -2.46. The molecule has 0 aromatic heterocycles. The van der Waals surface area contributed by atoms with Gasteiger partial charge >= 0.3 is 5.97 Å². The van der Waals surface area contributed by atoms with Gasteiger partial charge in [-0.15, -0.1) is 0 Å². The van der Waals surface area contributed by atoms with Gasteiger partial charge in [-0.2, -0.15) is 0 Å². The van der Waals surface area contributed by atoms with Crippen LogP contribution in [-0.4, -0.2) is 46.9 Å². The van der Waals surface area contributed by atoms with Crippen LogP contribution in [0.25, 0.3) is 0 Å². The molecule has 0 spiro atoms. The maximum Gasteiger partial charge on any atom is 0.306 e. The van der Waals surface area contributed by atoms with Crippen LogP contribution in [0.5, 0.6) is 0 Å². The number of carbonyl (C=O) groups excluding carboxylic acids is 2. The Morgan fingerprint density at radius 1 is 0.509 bits per heavy atom. The molecule has 3 unspecified atom stereocenters. The fourth-order valence-corrected chi connectivity index (χ4v) is 7.31. The Morgan fingerprint density at radius 2 is 0.891 bits per heavy atom. The van der Waals surface area contributed by atoms with Gasteiger partial charge in [-0.1, -0.05) is 193 Å². The molecule has 0 aliphatic carbocycles. The Morgan fingerprint density at radius 3 is 1.35 bits per heavy atom. The van der Waals surface area contributed by atoms with E-state index in [0.29, 0.717) is 19.3 Å². The minimum atomic E-state index is -0.789. The number of ether oxygens (including phenoxy) is 1. The number of aliphatic hydroxyl groups is 2. The van der Waals surface area contributed by atoms with Gasteiger partial charge in [0.1, 0.15) is 6.10 Å². The molecule has 0 aliphatic rings. The van der Waals surface area contributed by atoms with Crippen LogP contribution in [-0.2, 0) is 14.3 Å². The monoisotopic (exact) mass is 776 g/mol. The highest BCUT2D eigenvalue weighted by Gasteiger charge is 2.24. The number of rotatable bonds is 43. The number of allylic oxidation sites excluding steroid dienone is 4. The molecule has 6 nitrogen and oxygen atoms in total. The van der Waals surface area contributed by atoms with E-state index in [4.69, 9.17) is 4.74 Å². The number of unbranched alkanes of at least 4 members (excludes halogenated alkanes) is 27. The van der Waals surface area contributed by atoms with Crippen molar-refractivity contribution in [1.82, 2.24) is 5.32 Å². The van der Waals surface area contributed by atoms with E-state index in [-0.39, 0.29) is 24.9 Å². The maximum atomic E-state index is 13.1. The topological polar surface area (TPSA) is 95.9 Å². The average Bonchev–Trinajstić information content (AvgIpc) is 3.18. The van der Waals surface area contributed by atoms with Crippen LogP contribution in [0, 0.1) is 0 Å². The van der Waals surface area contributed by atoms with E-state index in [1.807, 2.05) is 0 Å². The Labute approximate surface area is 341 Å². The molecule has 324 valence electrons. The van der Waals surface area contributed by atoms with Gasteiger partial charge in [0.15, 0.2) is 0 Å². The molecular formula is C49H93NO5. The molecule has 0 saturated heterocycles. The lowest BCUT2D eigenvalue weighted by atomic mass is 10.0. The van der Waals surface area contributed by atoms with Gasteiger partial charge in [0.25, 0.3) is 0 Å². The minimum absolute atomic E-state index is 0.0583. The molecule has 6 heteroatoms. The fourth-order valence-electron chi connectivity index (χ4n) is 7.31. The molecule has 0 saturated carbocycles. The van der Waals surface area contributed by atoms with Gasteiger partial charge in [-0.25, -0.2) is 0 Å². The van der Waals surface area contributed by atoms with Crippen LogP contribution in [0.4, 0.5) is 0 Å². The Balaban J connectivity index is 4.59. The third-order valence-electron chi connectivity index (χ3n) is 11.0. The first-order chi connectivity index (χ1) is 27.0. The van der Waals surface area contributed by atoms with Crippen LogP contribution in [0.3, 0.4) is 0 Å². The number of amides is 1. The molecule has 0 aromatic rings. The number of hydrogen-bond donors (Lipinski definition) is 3. The van der Waals surface area contributed by atoms with Crippen molar-refractivity contribution in [3.8, 4) is 0 Å². The molecule has 3 N–H and O–H groups in total. The number of carbonyl (C=O) groups is 2. The van der Waals surface area contributed by atoms with E-state index in [9.17, 15) is 19.8 Å². The maximum absolute atomic E-state index is 13.1. The predicted molar refractivity (Wildman–Crippen MR) is 236 cm³/mol. The summed E-state index contributed by atoms with van der Waals surface area (Å²) in [6.45, 7) is 6.44. The number of aliphatic hydroxyl groups excluding tert-OH is 2. The summed E-state index contributed by atoms with van der Waals surface area (Å²) in [5.74, 6) is -0.502. The first-order valence-electron chi connectivity index (χ1n) is 24.1. The summed E-state index contributed by atoms with van der Waals surface area (Å²) in [5, 5.41) is 23.6. The molecule has 0 bridgehead atoms. The zero-order valence-electron chi connectivity index (χ0n) is 36.8. The molecule has 1 amide bonds. The summed E-state index contributed by atoms with van der Waals surface area (Å²) in [6, 6.07) is -0.704. The second kappa shape index (κ2) is 43.5. The van der Waals surface area contributed by atoms with Crippen LogP contribution in [0.2, 0.25) is 0 Å². The van der Waals surface area contributed by atoms with E-state index in [2.05, 4.69) is 50.4 Å². The highest BCUT2D eigenvalue weighted by molar-refractivity contribution is 5.77. The SMILES string of the molecule is CCCCCC/C=C\CCCCCCCCCC(=O)OC(CCC/C=C\CCCCCCCCC)CC(=O)NC(CO)C(O)CCCCCCCCCCC. The molecule has 3 atom stereocenters. The van der Waals surface area contributed by atoms with Crippen LogP contribution in [0.15, 0.2) is 24.3 Å². The third-order valence-corrected chi connectivity index (χ3v) is 11.0. The molecule has 0 radical (unpaired) electrons. The van der Waals surface area contributed by atoms with Crippen molar-refractivity contribution in [3.63, 3.8) is 0 Å². The van der Waals surface area contributed by atoms with E-state index in [0.717, 1.165) is 57.8 Å². The van der Waals surface area contributed by atoms with Gasteiger partial charge < -0.3 is 20.3 Å². The summed E-state index contributed by atoms with van der Waals surface area (Å²) in [7, 11) is 0. The van der Waals surface area contributed by atoms with Crippen molar-refractivity contribution in [2.24, 2.45) is 0 Å². The first-order valence-corrected chi connectivity index (χ1v) is 24.1. The Kier molecular flexibility index (Phi) is 42.2. The third kappa shape index (κ3) is 39.0. The number of hydrogen-bond acceptors (Lipinski definition) is 5. The van der Waals surface area contributed by atoms with Crippen LogP contribution < -0.4 is 5.32 Å². The molecule has 0 fully saturated rings.